The van der Waals surface area contributed by atoms with Crippen molar-refractivity contribution >= 4 is 0 Å². The van der Waals surface area contributed by atoms with E-state index in [0.29, 0.717) is 12.3 Å². The Labute approximate surface area is 117 Å². The van der Waals surface area contributed by atoms with Gasteiger partial charge >= 0.3 is 0 Å². The van der Waals surface area contributed by atoms with Gasteiger partial charge in [0.15, 0.2) is 5.82 Å². The van der Waals surface area contributed by atoms with E-state index in [9.17, 15) is 0 Å². The third-order valence-electron chi connectivity index (χ3n) is 5.04. The van der Waals surface area contributed by atoms with Crippen molar-refractivity contribution in [3.63, 3.8) is 0 Å². The SMILES string of the molecule is Cc1nnc(Cc2noc(C3CC4CCC3C4)n2)n1C. The van der Waals surface area contributed by atoms with E-state index in [1.165, 1.54) is 25.7 Å². The van der Waals surface area contributed by atoms with E-state index < -0.39 is 0 Å². The summed E-state index contributed by atoms with van der Waals surface area (Å²) in [7, 11) is 1.96. The van der Waals surface area contributed by atoms with Gasteiger partial charge in [0.05, 0.1) is 6.42 Å². The molecule has 6 nitrogen and oxygen atoms in total. The number of rotatable bonds is 3. The van der Waals surface area contributed by atoms with Crippen molar-refractivity contribution in [2.24, 2.45) is 18.9 Å². The first-order valence-electron chi connectivity index (χ1n) is 7.38. The maximum absolute atomic E-state index is 5.50. The van der Waals surface area contributed by atoms with E-state index in [1.54, 1.807) is 0 Å². The lowest BCUT2D eigenvalue weighted by Crippen LogP contribution is -2.09. The Balaban J connectivity index is 1.52. The Morgan fingerprint density at radius 3 is 2.80 bits per heavy atom. The second-order valence-corrected chi connectivity index (χ2v) is 6.23. The van der Waals surface area contributed by atoms with Crippen molar-refractivity contribution < 1.29 is 4.52 Å². The molecule has 0 amide bonds. The van der Waals surface area contributed by atoms with Gasteiger partial charge in [0.25, 0.3) is 0 Å². The molecular weight excluding hydrogens is 254 g/mol. The fraction of sp³-hybridized carbons (Fsp3) is 0.714. The van der Waals surface area contributed by atoms with Gasteiger partial charge in [-0.25, -0.2) is 0 Å². The van der Waals surface area contributed by atoms with Crippen LogP contribution in [-0.4, -0.2) is 24.9 Å². The Morgan fingerprint density at radius 1 is 1.25 bits per heavy atom. The summed E-state index contributed by atoms with van der Waals surface area (Å²) in [6.45, 7) is 1.94. The average molecular weight is 273 g/mol. The summed E-state index contributed by atoms with van der Waals surface area (Å²) < 4.78 is 7.47. The second-order valence-electron chi connectivity index (χ2n) is 6.23. The van der Waals surface area contributed by atoms with Crippen molar-refractivity contribution in [3.05, 3.63) is 23.4 Å². The number of aryl methyl sites for hydroxylation is 1. The van der Waals surface area contributed by atoms with Gasteiger partial charge < -0.3 is 9.09 Å². The van der Waals surface area contributed by atoms with E-state index in [2.05, 4.69) is 20.3 Å². The highest BCUT2D eigenvalue weighted by Gasteiger charge is 2.42. The zero-order valence-corrected chi connectivity index (χ0v) is 11.9. The number of nitrogens with zero attached hydrogens (tertiary/aromatic N) is 5. The molecule has 2 aromatic heterocycles. The van der Waals surface area contributed by atoms with Gasteiger partial charge in [0.1, 0.15) is 11.6 Å². The van der Waals surface area contributed by atoms with Crippen LogP contribution in [0.25, 0.3) is 0 Å². The van der Waals surface area contributed by atoms with E-state index in [-0.39, 0.29) is 0 Å². The number of fused-ring (bicyclic) bond motifs is 2. The maximum Gasteiger partial charge on any atom is 0.230 e. The lowest BCUT2D eigenvalue weighted by molar-refractivity contribution is 0.301. The molecule has 4 rings (SSSR count). The average Bonchev–Trinajstić information content (AvgIpc) is 3.20. The first-order chi connectivity index (χ1) is 9.70. The van der Waals surface area contributed by atoms with E-state index in [1.807, 2.05) is 18.5 Å². The quantitative estimate of drug-likeness (QED) is 0.855. The smallest absolute Gasteiger partial charge is 0.230 e. The van der Waals surface area contributed by atoms with Crippen molar-refractivity contribution in [1.82, 2.24) is 24.9 Å². The monoisotopic (exact) mass is 273 g/mol. The molecule has 2 aromatic rings. The van der Waals surface area contributed by atoms with Crippen molar-refractivity contribution in [2.45, 2.75) is 44.9 Å². The van der Waals surface area contributed by atoms with Crippen LogP contribution in [0.5, 0.6) is 0 Å². The van der Waals surface area contributed by atoms with Gasteiger partial charge in [0, 0.05) is 13.0 Å². The zero-order valence-electron chi connectivity index (χ0n) is 11.9. The van der Waals surface area contributed by atoms with Crippen LogP contribution >= 0.6 is 0 Å². The van der Waals surface area contributed by atoms with Gasteiger partial charge in [0.2, 0.25) is 5.89 Å². The minimum absolute atomic E-state index is 0.497. The molecule has 2 saturated carbocycles. The fourth-order valence-electron chi connectivity index (χ4n) is 3.78. The fourth-order valence-corrected chi connectivity index (χ4v) is 3.78. The van der Waals surface area contributed by atoms with Crippen molar-refractivity contribution in [3.8, 4) is 0 Å². The summed E-state index contributed by atoms with van der Waals surface area (Å²) >= 11 is 0. The molecule has 0 aromatic carbocycles. The van der Waals surface area contributed by atoms with Crippen LogP contribution in [0.1, 0.15) is 55.0 Å². The molecule has 0 radical (unpaired) electrons. The predicted octanol–water partition coefficient (Wildman–Crippen LogP) is 2.00. The first-order valence-corrected chi connectivity index (χ1v) is 7.38. The molecule has 0 N–H and O–H groups in total. The summed E-state index contributed by atoms with van der Waals surface area (Å²) in [5, 5.41) is 12.3. The summed E-state index contributed by atoms with van der Waals surface area (Å²) in [6.07, 6.45) is 5.89. The van der Waals surface area contributed by atoms with Gasteiger partial charge in [-0.2, -0.15) is 4.98 Å². The van der Waals surface area contributed by atoms with Crippen LogP contribution < -0.4 is 0 Å². The molecule has 0 aliphatic heterocycles. The summed E-state index contributed by atoms with van der Waals surface area (Å²) in [4.78, 5) is 4.60. The number of hydrogen-bond acceptors (Lipinski definition) is 5. The largest absolute Gasteiger partial charge is 0.339 e. The van der Waals surface area contributed by atoms with Crippen molar-refractivity contribution in [1.29, 1.82) is 0 Å². The van der Waals surface area contributed by atoms with Crippen LogP contribution in [0.4, 0.5) is 0 Å². The van der Waals surface area contributed by atoms with Gasteiger partial charge in [-0.05, 0) is 38.0 Å². The molecule has 2 heterocycles. The zero-order chi connectivity index (χ0) is 13.7. The molecule has 3 atom stereocenters. The molecule has 2 aliphatic carbocycles. The Bertz CT molecular complexity index is 631. The second kappa shape index (κ2) is 4.40. The number of aromatic nitrogens is 5. The van der Waals surface area contributed by atoms with Crippen molar-refractivity contribution in [2.75, 3.05) is 0 Å². The lowest BCUT2D eigenvalue weighted by Gasteiger charge is -2.16. The van der Waals surface area contributed by atoms with Gasteiger partial charge in [-0.15, -0.1) is 10.2 Å². The van der Waals surface area contributed by atoms with Crippen LogP contribution in [0.3, 0.4) is 0 Å². The lowest BCUT2D eigenvalue weighted by atomic mass is 9.89. The molecular formula is C14H19N5O. The molecule has 2 bridgehead atoms. The molecule has 3 unspecified atom stereocenters. The molecule has 0 saturated heterocycles. The maximum atomic E-state index is 5.50. The van der Waals surface area contributed by atoms with Crippen LogP contribution in [-0.2, 0) is 13.5 Å². The highest BCUT2D eigenvalue weighted by Crippen LogP contribution is 2.52. The summed E-state index contributed by atoms with van der Waals surface area (Å²) in [5.41, 5.74) is 0. The van der Waals surface area contributed by atoms with Crippen LogP contribution in [0, 0.1) is 18.8 Å². The van der Waals surface area contributed by atoms with Crippen LogP contribution in [0.15, 0.2) is 4.52 Å². The molecule has 106 valence electrons. The molecule has 20 heavy (non-hydrogen) atoms. The number of hydrogen-bond donors (Lipinski definition) is 0. The summed E-state index contributed by atoms with van der Waals surface area (Å²) in [6, 6.07) is 0. The standard InChI is InChI=1S/C14H19N5O/c1-8-16-17-13(19(8)2)7-12-15-14(20-18-12)11-6-9-3-4-10(11)5-9/h9-11H,3-7H2,1-2H3. The normalized spacial score (nSPS) is 28.4. The van der Waals surface area contributed by atoms with E-state index in [0.717, 1.165) is 35.2 Å². The Hall–Kier alpha value is -1.72. The highest BCUT2D eigenvalue weighted by atomic mass is 16.5. The third kappa shape index (κ3) is 1.85. The highest BCUT2D eigenvalue weighted by molar-refractivity contribution is 5.07. The van der Waals surface area contributed by atoms with Crippen LogP contribution in [0.2, 0.25) is 0 Å². The minimum atomic E-state index is 0.497. The van der Waals surface area contributed by atoms with E-state index >= 15 is 0 Å². The Kier molecular flexibility index (Phi) is 2.65. The molecule has 6 heteroatoms. The van der Waals surface area contributed by atoms with Gasteiger partial charge in [-0.1, -0.05) is 11.6 Å². The molecule has 2 aliphatic rings. The Morgan fingerprint density at radius 2 is 2.15 bits per heavy atom. The first kappa shape index (κ1) is 12.1. The summed E-state index contributed by atoms with van der Waals surface area (Å²) in [5.74, 6) is 5.49. The predicted molar refractivity (Wildman–Crippen MR) is 71.0 cm³/mol. The molecule has 0 spiro atoms. The third-order valence-corrected chi connectivity index (χ3v) is 5.04. The minimum Gasteiger partial charge on any atom is -0.339 e. The molecule has 2 fully saturated rings. The topological polar surface area (TPSA) is 69.6 Å². The van der Waals surface area contributed by atoms with Gasteiger partial charge in [-0.3, -0.25) is 0 Å². The van der Waals surface area contributed by atoms with E-state index in [4.69, 9.17) is 4.52 Å².